The zero-order chi connectivity index (χ0) is 50.6. The summed E-state index contributed by atoms with van der Waals surface area (Å²) in [6, 6.07) is 24.8. The maximum absolute atomic E-state index is 12.0. The molecule has 14 nitrogen and oxygen atoms in total. The highest BCUT2D eigenvalue weighted by Crippen LogP contribution is 2.41. The Hall–Kier alpha value is -6.59. The topological polar surface area (TPSA) is 220 Å². The second kappa shape index (κ2) is 23.8. The summed E-state index contributed by atoms with van der Waals surface area (Å²) in [5.41, 5.74) is 2.96. The molecule has 0 fully saturated rings. The van der Waals surface area contributed by atoms with Gasteiger partial charge in [0, 0.05) is 82.4 Å². The summed E-state index contributed by atoms with van der Waals surface area (Å²) >= 11 is 27.7. The molecule has 6 aromatic rings. The van der Waals surface area contributed by atoms with Gasteiger partial charge in [0.25, 0.3) is 0 Å². The SMILES string of the molecule is C=C(O)C(C)(CO)NCc1cc(Cl)c(OCc2cccc(-c3cccc(COc4cc(OCc5cncc(C#N)c5)c(CCC(C)(CO)C(=O)O)cc4Cl)c3Cl)c2Cl)cc1OCc1cncc(C#N)c1. The standard InChI is InChI=1S/C52H47Cl4N5O9/c1-31(64)52(3,30-63)61-24-39-15-43(54)47(17-45(39)68-26-35-13-33(19-58)21-60-23-35)70-28-38-7-5-9-41(49(38)56)40-8-4-6-37(48(40)55)27-69-46-16-44(67-25-34-12-32(18-57)20-59-22-34)36(14-42(46)53)10-11-51(2,29-62)50(65)66/h4-9,12-17,20-23,61-64H,1,10-11,24-30H2,2-3H3,(H,65,66). The molecular weight excluding hydrogens is 980 g/mol. The largest absolute Gasteiger partial charge is 0.511 e. The van der Waals surface area contributed by atoms with Crippen molar-refractivity contribution in [2.45, 2.75) is 65.2 Å². The number of ether oxygens (including phenoxy) is 4. The number of carboxylic acid groups (broad SMARTS) is 1. The number of carboxylic acids is 1. The number of nitrogens with zero attached hydrogens (tertiary/aromatic N) is 4. The third-order valence-electron chi connectivity index (χ3n) is 11.5. The average molecular weight is 1030 g/mol. The Balaban J connectivity index is 1.22. The second-order valence-electron chi connectivity index (χ2n) is 16.7. The van der Waals surface area contributed by atoms with Crippen LogP contribution in [0.2, 0.25) is 20.1 Å². The summed E-state index contributed by atoms with van der Waals surface area (Å²) < 4.78 is 24.9. The van der Waals surface area contributed by atoms with E-state index in [4.69, 9.17) is 65.4 Å². The van der Waals surface area contributed by atoms with Crippen molar-refractivity contribution in [1.82, 2.24) is 15.3 Å². The number of aliphatic hydroxyl groups is 3. The first-order chi connectivity index (χ1) is 33.5. The molecule has 362 valence electrons. The molecule has 2 heterocycles. The van der Waals surface area contributed by atoms with Gasteiger partial charge >= 0.3 is 5.97 Å². The molecule has 0 aliphatic rings. The number of hydrogen-bond acceptors (Lipinski definition) is 13. The monoisotopic (exact) mass is 1030 g/mol. The molecule has 0 aliphatic heterocycles. The highest BCUT2D eigenvalue weighted by molar-refractivity contribution is 6.37. The van der Waals surface area contributed by atoms with Crippen molar-refractivity contribution in [2.75, 3.05) is 13.2 Å². The number of aliphatic hydroxyl groups excluding tert-OH is 3. The van der Waals surface area contributed by atoms with E-state index in [1.807, 2.05) is 24.3 Å². The molecule has 0 amide bonds. The fourth-order valence-corrected chi connectivity index (χ4v) is 7.91. The van der Waals surface area contributed by atoms with Crippen molar-refractivity contribution in [3.63, 3.8) is 0 Å². The Morgan fingerprint density at radius 3 is 1.57 bits per heavy atom. The predicted molar refractivity (Wildman–Crippen MR) is 265 cm³/mol. The highest BCUT2D eigenvalue weighted by atomic mass is 35.5. The fourth-order valence-electron chi connectivity index (χ4n) is 6.87. The molecule has 0 radical (unpaired) electrons. The van der Waals surface area contributed by atoms with Crippen LogP contribution in [0.5, 0.6) is 23.0 Å². The summed E-state index contributed by atoms with van der Waals surface area (Å²) in [6.07, 6.45) is 6.32. The molecule has 70 heavy (non-hydrogen) atoms. The third-order valence-corrected chi connectivity index (χ3v) is 13.0. The van der Waals surface area contributed by atoms with Gasteiger partial charge in [-0.15, -0.1) is 0 Å². The number of aliphatic carboxylic acids is 1. The van der Waals surface area contributed by atoms with Crippen LogP contribution in [-0.2, 0) is 44.2 Å². The van der Waals surface area contributed by atoms with Gasteiger partial charge < -0.3 is 39.4 Å². The molecule has 2 atom stereocenters. The van der Waals surface area contributed by atoms with Gasteiger partial charge in [0.05, 0.1) is 55.4 Å². The zero-order valence-electron chi connectivity index (χ0n) is 37.9. The number of carbonyl (C=O) groups is 1. The summed E-state index contributed by atoms with van der Waals surface area (Å²) in [4.78, 5) is 20.2. The number of nitriles is 2. The van der Waals surface area contributed by atoms with E-state index < -0.39 is 30.1 Å². The minimum absolute atomic E-state index is 0.0143. The van der Waals surface area contributed by atoms with Crippen LogP contribution >= 0.6 is 46.4 Å². The van der Waals surface area contributed by atoms with Crippen molar-refractivity contribution in [1.29, 1.82) is 10.5 Å². The summed E-state index contributed by atoms with van der Waals surface area (Å²) in [7, 11) is 0. The average Bonchev–Trinajstić information content (AvgIpc) is 3.36. The Labute approximate surface area is 424 Å². The Kier molecular flexibility index (Phi) is 18.0. The smallest absolute Gasteiger partial charge is 0.311 e. The number of aromatic nitrogens is 2. The molecular formula is C52H47Cl4N5O9. The molecule has 2 unspecified atom stereocenters. The van der Waals surface area contributed by atoms with Crippen LogP contribution < -0.4 is 24.3 Å². The number of pyridine rings is 2. The predicted octanol–water partition coefficient (Wildman–Crippen LogP) is 10.7. The number of aryl methyl sites for hydroxylation is 1. The van der Waals surface area contributed by atoms with Gasteiger partial charge in [0.1, 0.15) is 67.3 Å². The van der Waals surface area contributed by atoms with Crippen LogP contribution in [0.3, 0.4) is 0 Å². The van der Waals surface area contributed by atoms with Crippen molar-refractivity contribution in [2.24, 2.45) is 5.41 Å². The maximum Gasteiger partial charge on any atom is 0.311 e. The quantitative estimate of drug-likeness (QED) is 0.0377. The van der Waals surface area contributed by atoms with Crippen molar-refractivity contribution in [3.05, 3.63) is 175 Å². The minimum atomic E-state index is -1.41. The molecule has 6 rings (SSSR count). The zero-order valence-corrected chi connectivity index (χ0v) is 41.0. The van der Waals surface area contributed by atoms with E-state index in [0.29, 0.717) is 77.2 Å². The van der Waals surface area contributed by atoms with Gasteiger partial charge in [-0.2, -0.15) is 10.5 Å². The molecule has 0 bridgehead atoms. The Morgan fingerprint density at radius 1 is 0.657 bits per heavy atom. The maximum atomic E-state index is 12.0. The number of nitrogens with one attached hydrogen (secondary N) is 1. The molecule has 0 saturated carbocycles. The highest BCUT2D eigenvalue weighted by Gasteiger charge is 2.33. The van der Waals surface area contributed by atoms with E-state index in [1.165, 1.54) is 19.3 Å². The van der Waals surface area contributed by atoms with Crippen LogP contribution in [0.15, 0.2) is 110 Å². The lowest BCUT2D eigenvalue weighted by Gasteiger charge is -2.28. The number of hydrogen-bond donors (Lipinski definition) is 5. The van der Waals surface area contributed by atoms with E-state index >= 15 is 0 Å². The van der Waals surface area contributed by atoms with Gasteiger partial charge in [-0.1, -0.05) is 89.4 Å². The number of halogens is 4. The molecule has 18 heteroatoms. The summed E-state index contributed by atoms with van der Waals surface area (Å²) in [5, 5.41) is 62.8. The summed E-state index contributed by atoms with van der Waals surface area (Å²) in [6.45, 7) is 5.78. The molecule has 0 spiro atoms. The molecule has 0 saturated heterocycles. The van der Waals surface area contributed by atoms with Crippen LogP contribution in [0.1, 0.15) is 64.8 Å². The van der Waals surface area contributed by atoms with E-state index in [0.717, 1.165) is 0 Å². The van der Waals surface area contributed by atoms with Gasteiger partial charge in [-0.25, -0.2) is 0 Å². The van der Waals surface area contributed by atoms with Gasteiger partial charge in [0.2, 0.25) is 0 Å². The fraction of sp³-hybridized carbons (Fsp3) is 0.250. The van der Waals surface area contributed by atoms with Crippen LogP contribution in [0.4, 0.5) is 0 Å². The molecule has 5 N–H and O–H groups in total. The van der Waals surface area contributed by atoms with E-state index in [1.54, 1.807) is 67.8 Å². The Morgan fingerprint density at radius 2 is 1.13 bits per heavy atom. The molecule has 0 aliphatic carbocycles. The first-order valence-corrected chi connectivity index (χ1v) is 23.0. The third kappa shape index (κ3) is 13.0. The van der Waals surface area contributed by atoms with Crippen LogP contribution in [-0.4, -0.2) is 55.1 Å². The van der Waals surface area contributed by atoms with Crippen molar-refractivity contribution >= 4 is 52.4 Å². The van der Waals surface area contributed by atoms with E-state index in [-0.39, 0.29) is 73.1 Å². The van der Waals surface area contributed by atoms with Gasteiger partial charge in [-0.05, 0) is 56.5 Å². The number of benzene rings is 4. The minimum Gasteiger partial charge on any atom is -0.511 e. The lowest BCUT2D eigenvalue weighted by Crippen LogP contribution is -2.46. The molecule has 4 aromatic carbocycles. The first-order valence-electron chi connectivity index (χ1n) is 21.5. The first kappa shape index (κ1) is 52.8. The lowest BCUT2D eigenvalue weighted by atomic mass is 9.85. The van der Waals surface area contributed by atoms with Crippen LogP contribution in [0, 0.1) is 28.1 Å². The van der Waals surface area contributed by atoms with Gasteiger partial charge in [0.15, 0.2) is 0 Å². The normalized spacial score (nSPS) is 12.7. The van der Waals surface area contributed by atoms with Crippen LogP contribution in [0.25, 0.3) is 11.1 Å². The summed E-state index contributed by atoms with van der Waals surface area (Å²) in [5.74, 6) is -0.150. The second-order valence-corrected chi connectivity index (χ2v) is 18.3. The van der Waals surface area contributed by atoms with Crippen molar-refractivity contribution in [3.8, 4) is 46.3 Å². The number of rotatable bonds is 23. The van der Waals surface area contributed by atoms with Crippen molar-refractivity contribution < 1.29 is 44.2 Å². The van der Waals surface area contributed by atoms with Gasteiger partial charge in [-0.3, -0.25) is 20.1 Å². The van der Waals surface area contributed by atoms with E-state index in [2.05, 4.69) is 34.0 Å². The lowest BCUT2D eigenvalue weighted by molar-refractivity contribution is -0.150. The van der Waals surface area contributed by atoms with E-state index in [9.17, 15) is 35.7 Å². The molecule has 2 aromatic heterocycles. The Bertz CT molecular complexity index is 2780.